The first-order valence-corrected chi connectivity index (χ1v) is 27.3. The number of allylic oxidation sites excluding steroid dienone is 19. The molecule has 0 aromatic carbocycles. The predicted octanol–water partition coefficient (Wildman–Crippen LogP) is 8.27. The van der Waals surface area contributed by atoms with Crippen molar-refractivity contribution in [3.05, 3.63) is 122 Å². The summed E-state index contributed by atoms with van der Waals surface area (Å²) < 4.78 is 22.6. The Morgan fingerprint density at radius 3 is 1.44 bits per heavy atom. The maximum absolute atomic E-state index is 13.2. The molecule has 0 radical (unpaired) electrons. The highest BCUT2D eigenvalue weighted by Crippen LogP contribution is 2.30. The quantitative estimate of drug-likeness (QED) is 0.0208. The Hall–Kier alpha value is -3.61. The molecule has 2 aliphatic heterocycles. The van der Waals surface area contributed by atoms with Gasteiger partial charge in [-0.15, -0.1) is 0 Å². The van der Waals surface area contributed by atoms with Crippen molar-refractivity contribution in [2.75, 3.05) is 19.8 Å². The monoisotopic (exact) mass is 1030 g/mol. The largest absolute Gasteiger partial charge is 0.394 e. The van der Waals surface area contributed by atoms with Crippen LogP contribution in [0.2, 0.25) is 0 Å². The summed E-state index contributed by atoms with van der Waals surface area (Å²) in [6.45, 7) is 2.57. The van der Waals surface area contributed by atoms with Gasteiger partial charge in [0.25, 0.3) is 0 Å². The molecule has 2 heterocycles. The Morgan fingerprint density at radius 2 is 0.945 bits per heavy atom. The van der Waals surface area contributed by atoms with Crippen molar-refractivity contribution >= 4 is 5.91 Å². The average molecular weight is 1030 g/mol. The van der Waals surface area contributed by atoms with Gasteiger partial charge in [-0.3, -0.25) is 4.79 Å². The molecular weight excluding hydrogens is 931 g/mol. The molecule has 2 aliphatic rings. The molecule has 0 aliphatic carbocycles. The summed E-state index contributed by atoms with van der Waals surface area (Å²) in [5.41, 5.74) is 0. The van der Waals surface area contributed by atoms with Gasteiger partial charge in [0.15, 0.2) is 12.6 Å². The van der Waals surface area contributed by atoms with E-state index in [1.807, 2.05) is 12.2 Å². The van der Waals surface area contributed by atoms with Crippen molar-refractivity contribution in [2.24, 2.45) is 0 Å². The third-order valence-electron chi connectivity index (χ3n) is 12.4. The van der Waals surface area contributed by atoms with E-state index in [1.54, 1.807) is 6.08 Å². The Kier molecular flexibility index (Phi) is 39.1. The maximum Gasteiger partial charge on any atom is 0.220 e. The van der Waals surface area contributed by atoms with E-state index in [-0.39, 0.29) is 18.9 Å². The van der Waals surface area contributed by atoms with Gasteiger partial charge in [0.1, 0.15) is 48.8 Å². The van der Waals surface area contributed by atoms with E-state index >= 15 is 0 Å². The summed E-state index contributed by atoms with van der Waals surface area (Å²) in [5.74, 6) is -0.306. The molecule has 0 aromatic heterocycles. The smallest absolute Gasteiger partial charge is 0.220 e. The van der Waals surface area contributed by atoms with Gasteiger partial charge in [-0.05, 0) is 83.5 Å². The third-order valence-corrected chi connectivity index (χ3v) is 12.4. The van der Waals surface area contributed by atoms with E-state index in [0.717, 1.165) is 83.5 Å². The maximum atomic E-state index is 13.2. The van der Waals surface area contributed by atoms with Crippen LogP contribution in [0.4, 0.5) is 0 Å². The fraction of sp³-hybridized carbons (Fsp3) is 0.644. The first kappa shape index (κ1) is 65.5. The molecule has 73 heavy (non-hydrogen) atoms. The van der Waals surface area contributed by atoms with Crippen molar-refractivity contribution in [3.63, 3.8) is 0 Å². The van der Waals surface area contributed by atoms with Crippen molar-refractivity contribution < 1.29 is 64.6 Å². The number of amides is 1. The number of carbonyl (C=O) groups excluding carboxylic acids is 1. The number of hydrogen-bond acceptors (Lipinski definition) is 13. The number of nitrogens with one attached hydrogen (secondary N) is 1. The highest BCUT2D eigenvalue weighted by molar-refractivity contribution is 5.76. The minimum Gasteiger partial charge on any atom is -0.394 e. The van der Waals surface area contributed by atoms with Gasteiger partial charge < -0.3 is 65.1 Å². The fourth-order valence-electron chi connectivity index (χ4n) is 8.00. The first-order chi connectivity index (χ1) is 35.6. The fourth-order valence-corrected chi connectivity index (χ4v) is 8.00. The van der Waals surface area contributed by atoms with E-state index in [4.69, 9.17) is 18.9 Å². The van der Waals surface area contributed by atoms with Gasteiger partial charge in [0, 0.05) is 6.42 Å². The molecule has 2 rings (SSSR count). The van der Waals surface area contributed by atoms with Crippen LogP contribution in [0.5, 0.6) is 0 Å². The minimum absolute atomic E-state index is 0.192. The van der Waals surface area contributed by atoms with Gasteiger partial charge in [-0.2, -0.15) is 0 Å². The molecule has 14 heteroatoms. The van der Waals surface area contributed by atoms with E-state index in [2.05, 4.69) is 122 Å². The van der Waals surface area contributed by atoms with Crippen LogP contribution in [0.3, 0.4) is 0 Å². The Bertz CT molecular complexity index is 1680. The second-order valence-electron chi connectivity index (χ2n) is 18.6. The second-order valence-corrected chi connectivity index (χ2v) is 18.6. The molecule has 9 N–H and O–H groups in total. The summed E-state index contributed by atoms with van der Waals surface area (Å²) in [7, 11) is 0. The van der Waals surface area contributed by atoms with Crippen LogP contribution in [0, 0.1) is 0 Å². The molecule has 414 valence electrons. The lowest BCUT2D eigenvalue weighted by Crippen LogP contribution is -2.65. The van der Waals surface area contributed by atoms with Crippen molar-refractivity contribution in [3.8, 4) is 0 Å². The number of rotatable bonds is 40. The zero-order valence-electron chi connectivity index (χ0n) is 44.1. The number of carbonyl (C=O) groups is 1. The minimum atomic E-state index is -1.80. The molecular formula is C59H95NO13. The lowest BCUT2D eigenvalue weighted by molar-refractivity contribution is -0.359. The molecule has 0 aromatic rings. The normalized spacial score (nSPS) is 26.4. The summed E-state index contributed by atoms with van der Waals surface area (Å²) in [6.07, 6.45) is 45.4. The Balaban J connectivity index is 1.77. The van der Waals surface area contributed by atoms with Crippen LogP contribution < -0.4 is 5.32 Å². The number of unbranched alkanes of at least 4 members (excludes halogenated alkanes) is 9. The zero-order chi connectivity index (χ0) is 53.2. The highest BCUT2D eigenvalue weighted by atomic mass is 16.7. The van der Waals surface area contributed by atoms with E-state index in [0.29, 0.717) is 12.8 Å². The van der Waals surface area contributed by atoms with Crippen molar-refractivity contribution in [1.82, 2.24) is 5.32 Å². The second kappa shape index (κ2) is 43.6. The van der Waals surface area contributed by atoms with E-state index in [1.165, 1.54) is 32.1 Å². The van der Waals surface area contributed by atoms with Gasteiger partial charge in [0.05, 0.1) is 32.0 Å². The third kappa shape index (κ3) is 29.9. The molecule has 1 amide bonds. The summed E-state index contributed by atoms with van der Waals surface area (Å²) in [6, 6.07) is -0.953. The number of ether oxygens (including phenoxy) is 4. The number of hydrogen-bond donors (Lipinski definition) is 9. The predicted molar refractivity (Wildman–Crippen MR) is 290 cm³/mol. The van der Waals surface area contributed by atoms with E-state index < -0.39 is 86.8 Å². The lowest BCUT2D eigenvalue weighted by Gasteiger charge is -2.46. The lowest BCUT2D eigenvalue weighted by atomic mass is 9.97. The van der Waals surface area contributed by atoms with Gasteiger partial charge in [0.2, 0.25) is 5.91 Å². The molecule has 0 spiro atoms. The van der Waals surface area contributed by atoms with Crippen LogP contribution in [0.15, 0.2) is 122 Å². The summed E-state index contributed by atoms with van der Waals surface area (Å²) >= 11 is 0. The topological polar surface area (TPSA) is 228 Å². The zero-order valence-corrected chi connectivity index (χ0v) is 44.1. The van der Waals surface area contributed by atoms with Gasteiger partial charge in [-0.1, -0.05) is 180 Å². The van der Waals surface area contributed by atoms with E-state index in [9.17, 15) is 45.6 Å². The van der Waals surface area contributed by atoms with Crippen LogP contribution in [-0.2, 0) is 23.7 Å². The SMILES string of the molecule is CC/C=C\C/C=C\C/C=C\C/C=C\C/C=C\C/C=C\C/C=C\C/C=C\C/C=C\CCCC(=O)NC(COC1OC(CO)C(OC2OC(CO)C(O)C(O)C2O)C(O)C1O)C(O)/C=C/CCCCCCCCCC. The van der Waals surface area contributed by atoms with Gasteiger partial charge >= 0.3 is 0 Å². The molecule has 14 nitrogen and oxygen atoms in total. The average Bonchev–Trinajstić information content (AvgIpc) is 3.39. The molecule has 0 saturated carbocycles. The van der Waals surface area contributed by atoms with Crippen LogP contribution >= 0.6 is 0 Å². The molecule has 2 saturated heterocycles. The molecule has 0 bridgehead atoms. The molecule has 12 unspecified atom stereocenters. The Morgan fingerprint density at radius 1 is 0.507 bits per heavy atom. The summed E-state index contributed by atoms with van der Waals surface area (Å²) in [4.78, 5) is 13.2. The molecule has 2 fully saturated rings. The molecule has 12 atom stereocenters. The Labute approximate surface area is 438 Å². The van der Waals surface area contributed by atoms with Crippen molar-refractivity contribution in [2.45, 2.75) is 222 Å². The first-order valence-electron chi connectivity index (χ1n) is 27.3. The van der Waals surface area contributed by atoms with Gasteiger partial charge in [-0.25, -0.2) is 0 Å². The summed E-state index contributed by atoms with van der Waals surface area (Å²) in [5, 5.41) is 86.6. The van der Waals surface area contributed by atoms with Crippen LogP contribution in [-0.4, -0.2) is 140 Å². The van der Waals surface area contributed by atoms with Crippen LogP contribution in [0.1, 0.15) is 149 Å². The standard InChI is InChI=1S/C59H95NO13/c1-3-5-7-9-11-13-15-16-17-18-19-20-21-22-23-24-25-26-27-28-29-30-31-32-33-35-37-39-41-43-51(64)60-47(48(63)42-40-38-36-34-14-12-10-8-6-4-2)46-70-58-56(69)54(67)57(50(45-62)72-58)73-59-55(68)53(66)52(65)49(44-61)71-59/h5,7,11,13,16-17,19-20,22-23,25-26,28-29,31-32,35,37,40,42,47-50,52-59,61-63,65-69H,3-4,6,8-10,12,14-15,18,21,24,27,30,33-34,36,38-39,41,43-46H2,1-2H3,(H,60,64)/b7-5-,13-11-,17-16-,20-19-,23-22-,26-25-,29-28-,32-31-,37-35-,42-40+. The highest BCUT2D eigenvalue weighted by Gasteiger charge is 2.51. The number of aliphatic hydroxyl groups is 8. The number of aliphatic hydroxyl groups excluding tert-OH is 8. The van der Waals surface area contributed by atoms with Crippen LogP contribution in [0.25, 0.3) is 0 Å². The van der Waals surface area contributed by atoms with Crippen molar-refractivity contribution in [1.29, 1.82) is 0 Å².